The number of aromatic nitrogens is 4. The molecule has 30 heavy (non-hydrogen) atoms. The monoisotopic (exact) mass is 396 g/mol. The van der Waals surface area contributed by atoms with Crippen LogP contribution in [0.15, 0.2) is 81.6 Å². The summed E-state index contributed by atoms with van der Waals surface area (Å²) in [6, 6.07) is 22.0. The number of phenolic OH excluding ortho intramolecular Hbond substituents is 1. The normalized spacial score (nSPS) is 11.0. The molecule has 0 aliphatic heterocycles. The summed E-state index contributed by atoms with van der Waals surface area (Å²) < 4.78 is 11.6. The highest BCUT2D eigenvalue weighted by molar-refractivity contribution is 5.64. The third-order valence-corrected chi connectivity index (χ3v) is 4.64. The van der Waals surface area contributed by atoms with E-state index in [1.54, 1.807) is 24.3 Å². The summed E-state index contributed by atoms with van der Waals surface area (Å²) in [4.78, 5) is 0. The molecule has 0 amide bonds. The third-order valence-electron chi connectivity index (χ3n) is 4.64. The number of nitrogens with zero attached hydrogens (tertiary/aromatic N) is 4. The first-order valence-corrected chi connectivity index (χ1v) is 9.30. The van der Waals surface area contributed by atoms with Crippen molar-refractivity contribution in [1.82, 2.24) is 20.4 Å². The van der Waals surface area contributed by atoms with Gasteiger partial charge in [-0.1, -0.05) is 17.7 Å². The van der Waals surface area contributed by atoms with Gasteiger partial charge in [0, 0.05) is 22.3 Å². The average molecular weight is 396 g/mol. The van der Waals surface area contributed by atoms with E-state index in [2.05, 4.69) is 20.4 Å². The Balaban J connectivity index is 1.37. The number of hydrogen-bond acceptors (Lipinski definition) is 7. The summed E-state index contributed by atoms with van der Waals surface area (Å²) >= 11 is 0. The zero-order chi connectivity index (χ0) is 20.5. The zero-order valence-corrected chi connectivity index (χ0v) is 16.0. The zero-order valence-electron chi connectivity index (χ0n) is 16.0. The Morgan fingerprint density at radius 3 is 1.17 bits per heavy atom. The first-order valence-electron chi connectivity index (χ1n) is 9.30. The standard InChI is InChI=1S/C23H16N4O3/c1-14-2-4-15(5-3-14)20-24-25-21(29-20)16-6-8-17(9-7-16)22-26-27-23(30-22)18-10-12-19(28)13-11-18/h2-13,28H,1H3. The van der Waals surface area contributed by atoms with E-state index in [1.165, 1.54) is 5.56 Å². The molecule has 2 heterocycles. The highest BCUT2D eigenvalue weighted by Gasteiger charge is 2.13. The minimum Gasteiger partial charge on any atom is -0.508 e. The van der Waals surface area contributed by atoms with E-state index in [0.717, 1.165) is 22.3 Å². The van der Waals surface area contributed by atoms with E-state index in [9.17, 15) is 5.11 Å². The van der Waals surface area contributed by atoms with Crippen molar-refractivity contribution in [2.24, 2.45) is 0 Å². The van der Waals surface area contributed by atoms with E-state index < -0.39 is 0 Å². The summed E-state index contributed by atoms with van der Waals surface area (Å²) in [5, 5.41) is 25.9. The van der Waals surface area contributed by atoms with Gasteiger partial charge in [-0.25, -0.2) is 0 Å². The Morgan fingerprint density at radius 2 is 0.800 bits per heavy atom. The molecule has 2 aromatic heterocycles. The predicted molar refractivity (Wildman–Crippen MR) is 110 cm³/mol. The average Bonchev–Trinajstić information content (AvgIpc) is 3.45. The van der Waals surface area contributed by atoms with E-state index in [4.69, 9.17) is 8.83 Å². The second-order valence-corrected chi connectivity index (χ2v) is 6.81. The molecule has 0 atom stereocenters. The van der Waals surface area contributed by atoms with Gasteiger partial charge in [-0.3, -0.25) is 0 Å². The molecule has 0 spiro atoms. The van der Waals surface area contributed by atoms with Gasteiger partial charge in [0.25, 0.3) is 0 Å². The number of aryl methyl sites for hydroxylation is 1. The fourth-order valence-corrected chi connectivity index (χ4v) is 2.97. The van der Waals surface area contributed by atoms with Crippen molar-refractivity contribution in [2.75, 3.05) is 0 Å². The van der Waals surface area contributed by atoms with Crippen molar-refractivity contribution < 1.29 is 13.9 Å². The third kappa shape index (κ3) is 3.44. The van der Waals surface area contributed by atoms with Gasteiger partial charge < -0.3 is 13.9 Å². The fraction of sp³-hybridized carbons (Fsp3) is 0.0435. The first-order chi connectivity index (χ1) is 14.7. The molecule has 3 aromatic carbocycles. The molecule has 1 N–H and O–H groups in total. The predicted octanol–water partition coefficient (Wildman–Crippen LogP) is 5.13. The number of rotatable bonds is 4. The van der Waals surface area contributed by atoms with E-state index in [1.807, 2.05) is 55.5 Å². The van der Waals surface area contributed by atoms with Gasteiger partial charge in [0.15, 0.2) is 0 Å². The van der Waals surface area contributed by atoms with Crippen LogP contribution < -0.4 is 0 Å². The van der Waals surface area contributed by atoms with Crippen molar-refractivity contribution in [2.45, 2.75) is 6.92 Å². The lowest BCUT2D eigenvalue weighted by Gasteiger charge is -1.98. The molecule has 0 fully saturated rings. The maximum Gasteiger partial charge on any atom is 0.248 e. The Bertz CT molecular complexity index is 1190. The van der Waals surface area contributed by atoms with Crippen molar-refractivity contribution in [3.05, 3.63) is 78.4 Å². The number of aromatic hydroxyl groups is 1. The van der Waals surface area contributed by atoms with Crippen molar-refractivity contribution in [3.8, 4) is 51.6 Å². The number of benzene rings is 3. The molecule has 0 saturated heterocycles. The number of hydrogen-bond donors (Lipinski definition) is 1. The van der Waals surface area contributed by atoms with Crippen LogP contribution in [0.4, 0.5) is 0 Å². The van der Waals surface area contributed by atoms with Crippen LogP contribution in [0.5, 0.6) is 5.75 Å². The minimum atomic E-state index is 0.181. The van der Waals surface area contributed by atoms with Crippen LogP contribution >= 0.6 is 0 Å². The van der Waals surface area contributed by atoms with Crippen molar-refractivity contribution >= 4 is 0 Å². The largest absolute Gasteiger partial charge is 0.508 e. The minimum absolute atomic E-state index is 0.181. The van der Waals surface area contributed by atoms with Crippen molar-refractivity contribution in [1.29, 1.82) is 0 Å². The fourth-order valence-electron chi connectivity index (χ4n) is 2.97. The molecule has 146 valence electrons. The summed E-state index contributed by atoms with van der Waals surface area (Å²) in [5.74, 6) is 1.88. The van der Waals surface area contributed by atoms with Gasteiger partial charge in [0.1, 0.15) is 5.75 Å². The Kier molecular flexibility index (Phi) is 4.33. The van der Waals surface area contributed by atoms with Crippen LogP contribution in [-0.2, 0) is 0 Å². The molecule has 0 bridgehead atoms. The molecule has 0 unspecified atom stereocenters. The topological polar surface area (TPSA) is 98.1 Å². The second-order valence-electron chi connectivity index (χ2n) is 6.81. The summed E-state index contributed by atoms with van der Waals surface area (Å²) in [6.07, 6.45) is 0. The molecule has 0 saturated carbocycles. The van der Waals surface area contributed by atoms with Gasteiger partial charge >= 0.3 is 0 Å². The summed E-state index contributed by atoms with van der Waals surface area (Å²) in [7, 11) is 0. The highest BCUT2D eigenvalue weighted by Crippen LogP contribution is 2.28. The SMILES string of the molecule is Cc1ccc(-c2nnc(-c3ccc(-c4nnc(-c5ccc(O)cc5)o4)cc3)o2)cc1. The first kappa shape index (κ1) is 17.8. The molecule has 7 heteroatoms. The van der Waals surface area contributed by atoms with E-state index in [0.29, 0.717) is 23.6 Å². The van der Waals surface area contributed by atoms with Gasteiger partial charge in [-0.15, -0.1) is 20.4 Å². The van der Waals surface area contributed by atoms with Gasteiger partial charge in [0.2, 0.25) is 23.6 Å². The molecule has 0 aliphatic rings. The van der Waals surface area contributed by atoms with E-state index >= 15 is 0 Å². The van der Waals surface area contributed by atoms with Gasteiger partial charge in [-0.05, 0) is 67.6 Å². The molecule has 0 aliphatic carbocycles. The molecule has 5 rings (SSSR count). The lowest BCUT2D eigenvalue weighted by Crippen LogP contribution is -1.81. The van der Waals surface area contributed by atoms with Crippen LogP contribution in [0.2, 0.25) is 0 Å². The van der Waals surface area contributed by atoms with Crippen LogP contribution in [-0.4, -0.2) is 25.5 Å². The van der Waals surface area contributed by atoms with Gasteiger partial charge in [-0.2, -0.15) is 0 Å². The smallest absolute Gasteiger partial charge is 0.248 e. The highest BCUT2D eigenvalue weighted by atomic mass is 16.4. The molecule has 7 nitrogen and oxygen atoms in total. The van der Waals surface area contributed by atoms with Crippen molar-refractivity contribution in [3.63, 3.8) is 0 Å². The van der Waals surface area contributed by atoms with Crippen LogP contribution in [0.1, 0.15) is 5.56 Å². The maximum atomic E-state index is 9.40. The Hall–Kier alpha value is -4.26. The quantitative estimate of drug-likeness (QED) is 0.449. The summed E-state index contributed by atoms with van der Waals surface area (Å²) in [5.41, 5.74) is 4.35. The molecule has 5 aromatic rings. The Labute approximate surface area is 171 Å². The van der Waals surface area contributed by atoms with Crippen LogP contribution in [0, 0.1) is 6.92 Å². The van der Waals surface area contributed by atoms with Gasteiger partial charge in [0.05, 0.1) is 0 Å². The van der Waals surface area contributed by atoms with Crippen LogP contribution in [0.3, 0.4) is 0 Å². The molecule has 0 radical (unpaired) electrons. The summed E-state index contributed by atoms with van der Waals surface area (Å²) in [6.45, 7) is 2.03. The van der Waals surface area contributed by atoms with E-state index in [-0.39, 0.29) is 5.75 Å². The Morgan fingerprint density at radius 1 is 0.500 bits per heavy atom. The number of phenols is 1. The maximum absolute atomic E-state index is 9.40. The molecular weight excluding hydrogens is 380 g/mol. The second kappa shape index (κ2) is 7.29. The lowest BCUT2D eigenvalue weighted by atomic mass is 10.1. The van der Waals surface area contributed by atoms with Crippen LogP contribution in [0.25, 0.3) is 45.8 Å². The molecular formula is C23H16N4O3. The lowest BCUT2D eigenvalue weighted by molar-refractivity contribution is 0.475.